The summed E-state index contributed by atoms with van der Waals surface area (Å²) < 4.78 is 5.40. The Morgan fingerprint density at radius 3 is 2.10 bits per heavy atom. The van der Waals surface area contributed by atoms with Crippen LogP contribution in [0, 0.1) is 5.41 Å². The highest BCUT2D eigenvalue weighted by atomic mass is 16.5. The van der Waals surface area contributed by atoms with Crippen molar-refractivity contribution in [2.24, 2.45) is 5.41 Å². The molecule has 0 spiro atoms. The van der Waals surface area contributed by atoms with E-state index in [1.165, 1.54) is 5.56 Å². The number of carbonyl (C=O) groups is 1. The quantitative estimate of drug-likeness (QED) is 0.846. The van der Waals surface area contributed by atoms with Gasteiger partial charge in [0.25, 0.3) is 0 Å². The second kappa shape index (κ2) is 6.29. The molecule has 0 atom stereocenters. The molecule has 20 heavy (non-hydrogen) atoms. The third-order valence-corrected chi connectivity index (χ3v) is 3.19. The standard InChI is InChI=1S/C17H26O3/c1-16(2,3)12-17(4,5)13-6-8-14(9-7-13)20-11-10-15(18)19/h6-9H,10-12H2,1-5H3,(H,18,19). The number of carboxylic acids is 1. The Bertz CT molecular complexity index is 438. The summed E-state index contributed by atoms with van der Waals surface area (Å²) >= 11 is 0. The second-order valence-electron chi connectivity index (χ2n) is 7.14. The van der Waals surface area contributed by atoms with E-state index < -0.39 is 5.97 Å². The van der Waals surface area contributed by atoms with Gasteiger partial charge in [0.05, 0.1) is 13.0 Å². The average Bonchev–Trinajstić information content (AvgIpc) is 2.26. The molecule has 0 saturated heterocycles. The van der Waals surface area contributed by atoms with E-state index in [2.05, 4.69) is 46.8 Å². The number of benzene rings is 1. The molecule has 1 aromatic carbocycles. The normalized spacial score (nSPS) is 12.2. The molecule has 1 rings (SSSR count). The van der Waals surface area contributed by atoms with Crippen molar-refractivity contribution in [3.05, 3.63) is 29.8 Å². The van der Waals surface area contributed by atoms with Crippen molar-refractivity contribution in [1.82, 2.24) is 0 Å². The lowest BCUT2D eigenvalue weighted by Gasteiger charge is -2.33. The van der Waals surface area contributed by atoms with Crippen LogP contribution in [0.5, 0.6) is 5.75 Å². The predicted molar refractivity (Wildman–Crippen MR) is 81.3 cm³/mol. The summed E-state index contributed by atoms with van der Waals surface area (Å²) in [6, 6.07) is 7.98. The molecule has 3 nitrogen and oxygen atoms in total. The molecular weight excluding hydrogens is 252 g/mol. The minimum Gasteiger partial charge on any atom is -0.493 e. The van der Waals surface area contributed by atoms with Gasteiger partial charge in [0, 0.05) is 0 Å². The Labute approximate surface area is 122 Å². The first-order valence-electron chi connectivity index (χ1n) is 7.05. The van der Waals surface area contributed by atoms with Gasteiger partial charge in [0.1, 0.15) is 5.75 Å². The highest BCUT2D eigenvalue weighted by Gasteiger charge is 2.27. The summed E-state index contributed by atoms with van der Waals surface area (Å²) in [7, 11) is 0. The largest absolute Gasteiger partial charge is 0.493 e. The van der Waals surface area contributed by atoms with Gasteiger partial charge in [-0.15, -0.1) is 0 Å². The van der Waals surface area contributed by atoms with Gasteiger partial charge in [0.15, 0.2) is 0 Å². The smallest absolute Gasteiger partial charge is 0.306 e. The monoisotopic (exact) mass is 278 g/mol. The molecule has 0 amide bonds. The molecule has 0 radical (unpaired) electrons. The van der Waals surface area contributed by atoms with E-state index in [1.54, 1.807) is 0 Å². The van der Waals surface area contributed by atoms with Gasteiger partial charge in [-0.2, -0.15) is 0 Å². The van der Waals surface area contributed by atoms with E-state index in [9.17, 15) is 4.79 Å². The summed E-state index contributed by atoms with van der Waals surface area (Å²) in [6.07, 6.45) is 1.12. The van der Waals surface area contributed by atoms with Crippen LogP contribution in [0.15, 0.2) is 24.3 Å². The molecule has 0 saturated carbocycles. The Morgan fingerprint density at radius 1 is 1.10 bits per heavy atom. The van der Waals surface area contributed by atoms with Gasteiger partial charge in [-0.25, -0.2) is 0 Å². The fourth-order valence-electron chi connectivity index (χ4n) is 2.69. The van der Waals surface area contributed by atoms with Gasteiger partial charge in [-0.1, -0.05) is 46.8 Å². The van der Waals surface area contributed by atoms with Crippen molar-refractivity contribution in [3.8, 4) is 5.75 Å². The molecule has 1 N–H and O–H groups in total. The molecule has 0 heterocycles. The molecule has 112 valence electrons. The minimum atomic E-state index is -0.840. The molecule has 0 aliphatic heterocycles. The van der Waals surface area contributed by atoms with Crippen molar-refractivity contribution in [2.45, 2.75) is 52.9 Å². The van der Waals surface area contributed by atoms with Crippen LogP contribution in [-0.2, 0) is 10.2 Å². The highest BCUT2D eigenvalue weighted by Crippen LogP contribution is 2.36. The van der Waals surface area contributed by atoms with Gasteiger partial charge < -0.3 is 9.84 Å². The molecule has 1 aromatic rings. The molecular formula is C17H26O3. The van der Waals surface area contributed by atoms with Crippen LogP contribution < -0.4 is 4.74 Å². The van der Waals surface area contributed by atoms with E-state index in [4.69, 9.17) is 9.84 Å². The number of hydrogen-bond donors (Lipinski definition) is 1. The number of aliphatic carboxylic acids is 1. The van der Waals surface area contributed by atoms with Gasteiger partial charge in [0.2, 0.25) is 0 Å². The molecule has 0 fully saturated rings. The number of hydrogen-bond acceptors (Lipinski definition) is 2. The van der Waals surface area contributed by atoms with Crippen LogP contribution in [0.4, 0.5) is 0 Å². The Balaban J connectivity index is 2.68. The van der Waals surface area contributed by atoms with E-state index in [0.717, 1.165) is 12.2 Å². The summed E-state index contributed by atoms with van der Waals surface area (Å²) in [5.74, 6) is -0.116. The topological polar surface area (TPSA) is 46.5 Å². The fourth-order valence-corrected chi connectivity index (χ4v) is 2.69. The average molecular weight is 278 g/mol. The molecule has 0 aliphatic carbocycles. The Kier molecular flexibility index (Phi) is 5.21. The van der Waals surface area contributed by atoms with Crippen LogP contribution in [0.3, 0.4) is 0 Å². The lowest BCUT2D eigenvalue weighted by atomic mass is 9.72. The van der Waals surface area contributed by atoms with Crippen LogP contribution in [0.2, 0.25) is 0 Å². The first-order chi connectivity index (χ1) is 9.10. The van der Waals surface area contributed by atoms with Crippen molar-refractivity contribution in [3.63, 3.8) is 0 Å². The van der Waals surface area contributed by atoms with Crippen LogP contribution >= 0.6 is 0 Å². The van der Waals surface area contributed by atoms with E-state index in [0.29, 0.717) is 0 Å². The number of ether oxygens (including phenoxy) is 1. The van der Waals surface area contributed by atoms with Crippen LogP contribution in [-0.4, -0.2) is 17.7 Å². The molecule has 0 unspecified atom stereocenters. The summed E-state index contributed by atoms with van der Waals surface area (Å²) in [5.41, 5.74) is 1.66. The lowest BCUT2D eigenvalue weighted by molar-refractivity contribution is -0.137. The van der Waals surface area contributed by atoms with Crippen LogP contribution in [0.1, 0.15) is 53.0 Å². The van der Waals surface area contributed by atoms with E-state index >= 15 is 0 Å². The lowest BCUT2D eigenvalue weighted by Crippen LogP contribution is -2.24. The van der Waals surface area contributed by atoms with Crippen molar-refractivity contribution >= 4 is 5.97 Å². The number of rotatable bonds is 6. The maximum absolute atomic E-state index is 10.4. The van der Waals surface area contributed by atoms with Gasteiger partial charge >= 0.3 is 5.97 Å². The predicted octanol–water partition coefficient (Wildman–Crippen LogP) is 4.25. The first-order valence-corrected chi connectivity index (χ1v) is 7.05. The third kappa shape index (κ3) is 5.64. The minimum absolute atomic E-state index is 0.0251. The summed E-state index contributed by atoms with van der Waals surface area (Å²) in [5, 5.41) is 8.57. The van der Waals surface area contributed by atoms with E-state index in [-0.39, 0.29) is 23.9 Å². The first kappa shape index (κ1) is 16.5. The highest BCUT2D eigenvalue weighted by molar-refractivity contribution is 5.66. The zero-order valence-electron chi connectivity index (χ0n) is 13.2. The molecule has 0 aromatic heterocycles. The third-order valence-electron chi connectivity index (χ3n) is 3.19. The van der Waals surface area contributed by atoms with Crippen molar-refractivity contribution in [1.29, 1.82) is 0 Å². The maximum Gasteiger partial charge on any atom is 0.306 e. The fraction of sp³-hybridized carbons (Fsp3) is 0.588. The van der Waals surface area contributed by atoms with Gasteiger partial charge in [-0.3, -0.25) is 4.79 Å². The molecule has 3 heteroatoms. The molecule has 0 aliphatic rings. The van der Waals surface area contributed by atoms with Gasteiger partial charge in [-0.05, 0) is 34.9 Å². The van der Waals surface area contributed by atoms with E-state index in [1.807, 2.05) is 12.1 Å². The Morgan fingerprint density at radius 2 is 1.65 bits per heavy atom. The molecule has 0 bridgehead atoms. The van der Waals surface area contributed by atoms with Crippen molar-refractivity contribution in [2.75, 3.05) is 6.61 Å². The second-order valence-corrected chi connectivity index (χ2v) is 7.14. The van der Waals surface area contributed by atoms with Crippen molar-refractivity contribution < 1.29 is 14.6 Å². The summed E-state index contributed by atoms with van der Waals surface area (Å²) in [4.78, 5) is 10.4. The zero-order chi connectivity index (χ0) is 15.4. The Hall–Kier alpha value is -1.51. The summed E-state index contributed by atoms with van der Waals surface area (Å²) in [6.45, 7) is 11.4. The number of carboxylic acid groups (broad SMARTS) is 1. The maximum atomic E-state index is 10.4. The van der Waals surface area contributed by atoms with Crippen LogP contribution in [0.25, 0.3) is 0 Å². The SMILES string of the molecule is CC(C)(C)CC(C)(C)c1ccc(OCCC(=O)O)cc1. The zero-order valence-corrected chi connectivity index (χ0v) is 13.2.